The molecule has 0 bridgehead atoms. The second-order valence-corrected chi connectivity index (χ2v) is 3.84. The van der Waals surface area contributed by atoms with Crippen LogP contribution in [-0.4, -0.2) is 26.1 Å². The zero-order valence-corrected chi connectivity index (χ0v) is 9.64. The molecule has 8 heteroatoms. The van der Waals surface area contributed by atoms with Gasteiger partial charge in [0.15, 0.2) is 5.69 Å². The van der Waals surface area contributed by atoms with Gasteiger partial charge in [-0.2, -0.15) is 13.2 Å². The van der Waals surface area contributed by atoms with Crippen molar-refractivity contribution in [2.45, 2.75) is 13.1 Å². The van der Waals surface area contributed by atoms with Crippen molar-refractivity contribution in [3.8, 4) is 5.69 Å². The van der Waals surface area contributed by atoms with Gasteiger partial charge >= 0.3 is 12.1 Å². The van der Waals surface area contributed by atoms with Crippen molar-refractivity contribution >= 4 is 5.97 Å². The minimum atomic E-state index is -4.86. The van der Waals surface area contributed by atoms with Crippen LogP contribution in [0, 0.1) is 6.92 Å². The molecule has 0 saturated heterocycles. The number of carboxylic acid groups (broad SMARTS) is 1. The van der Waals surface area contributed by atoms with E-state index >= 15 is 0 Å². The molecule has 19 heavy (non-hydrogen) atoms. The van der Waals surface area contributed by atoms with E-state index in [0.29, 0.717) is 4.68 Å². The number of nitrogens with zero attached hydrogens (tertiary/aromatic N) is 3. The molecule has 0 aliphatic carbocycles. The number of rotatable bonds is 2. The summed E-state index contributed by atoms with van der Waals surface area (Å²) < 4.78 is 39.2. The number of hydrogen-bond donors (Lipinski definition) is 1. The van der Waals surface area contributed by atoms with Crippen LogP contribution in [0.4, 0.5) is 13.2 Å². The monoisotopic (exact) mass is 271 g/mol. The molecule has 1 aromatic carbocycles. The van der Waals surface area contributed by atoms with E-state index < -0.39 is 23.5 Å². The molecule has 5 nitrogen and oxygen atoms in total. The van der Waals surface area contributed by atoms with E-state index in [1.54, 1.807) is 19.1 Å². The van der Waals surface area contributed by atoms with Gasteiger partial charge in [0.1, 0.15) is 0 Å². The fraction of sp³-hybridized carbons (Fsp3) is 0.182. The van der Waals surface area contributed by atoms with E-state index in [9.17, 15) is 18.0 Å². The number of aromatic nitrogens is 3. The lowest BCUT2D eigenvalue weighted by molar-refractivity contribution is -0.143. The predicted molar refractivity (Wildman–Crippen MR) is 58.1 cm³/mol. The topological polar surface area (TPSA) is 68.0 Å². The normalized spacial score (nSPS) is 11.6. The molecule has 2 aromatic rings. The van der Waals surface area contributed by atoms with Gasteiger partial charge in [0.2, 0.25) is 5.69 Å². The average molecular weight is 271 g/mol. The zero-order valence-electron chi connectivity index (χ0n) is 9.64. The third-order valence-corrected chi connectivity index (χ3v) is 2.42. The van der Waals surface area contributed by atoms with Gasteiger partial charge in [0.05, 0.1) is 5.69 Å². The second-order valence-electron chi connectivity index (χ2n) is 3.84. The fourth-order valence-electron chi connectivity index (χ4n) is 1.55. The van der Waals surface area contributed by atoms with Crippen molar-refractivity contribution < 1.29 is 23.1 Å². The third kappa shape index (κ3) is 2.42. The Hall–Kier alpha value is -2.38. The van der Waals surface area contributed by atoms with Crippen molar-refractivity contribution in [3.63, 3.8) is 0 Å². The maximum atomic E-state index is 12.9. The van der Waals surface area contributed by atoms with Crippen LogP contribution < -0.4 is 0 Å². The summed E-state index contributed by atoms with van der Waals surface area (Å²) in [6.45, 7) is 1.78. The van der Waals surface area contributed by atoms with E-state index in [1.165, 1.54) is 12.1 Å². The van der Waals surface area contributed by atoms with Gasteiger partial charge in [0.25, 0.3) is 0 Å². The highest BCUT2D eigenvalue weighted by Crippen LogP contribution is 2.32. The number of carboxylic acids is 1. The van der Waals surface area contributed by atoms with Crippen LogP contribution in [0.1, 0.15) is 21.7 Å². The van der Waals surface area contributed by atoms with E-state index in [2.05, 4.69) is 10.3 Å². The van der Waals surface area contributed by atoms with Crippen molar-refractivity contribution in [3.05, 3.63) is 41.2 Å². The Morgan fingerprint density at radius 1 is 1.26 bits per heavy atom. The summed E-state index contributed by atoms with van der Waals surface area (Å²) in [6.07, 6.45) is -4.86. The standard InChI is InChI=1S/C11H8F3N3O2/c1-6-2-4-7(5-3-6)17-9(11(12,13)14)8(10(18)19)15-16-17/h2-5H,1H3,(H,18,19). The van der Waals surface area contributed by atoms with Gasteiger partial charge in [-0.1, -0.05) is 22.9 Å². The van der Waals surface area contributed by atoms with Gasteiger partial charge in [-0.3, -0.25) is 0 Å². The Morgan fingerprint density at radius 3 is 2.32 bits per heavy atom. The summed E-state index contributed by atoms with van der Waals surface area (Å²) in [7, 11) is 0. The molecule has 0 aliphatic heterocycles. The van der Waals surface area contributed by atoms with Gasteiger partial charge in [-0.25, -0.2) is 9.48 Å². The molecular weight excluding hydrogens is 263 g/mol. The zero-order chi connectivity index (χ0) is 14.2. The van der Waals surface area contributed by atoms with Crippen molar-refractivity contribution in [1.29, 1.82) is 0 Å². The number of carbonyl (C=O) groups is 1. The second kappa shape index (κ2) is 4.38. The summed E-state index contributed by atoms with van der Waals surface area (Å²) in [5.41, 5.74) is -1.56. The largest absolute Gasteiger partial charge is 0.476 e. The maximum Gasteiger partial charge on any atom is 0.436 e. The maximum absolute atomic E-state index is 12.9. The highest BCUT2D eigenvalue weighted by Gasteiger charge is 2.42. The Bertz CT molecular complexity index is 617. The quantitative estimate of drug-likeness (QED) is 0.909. The van der Waals surface area contributed by atoms with Crippen LogP contribution in [0.2, 0.25) is 0 Å². The molecule has 0 radical (unpaired) electrons. The molecule has 1 aromatic heterocycles. The molecule has 1 heterocycles. The van der Waals surface area contributed by atoms with Crippen LogP contribution in [0.15, 0.2) is 24.3 Å². The molecule has 0 spiro atoms. The van der Waals surface area contributed by atoms with Gasteiger partial charge in [0, 0.05) is 0 Å². The number of benzene rings is 1. The molecule has 0 saturated carbocycles. The first kappa shape index (κ1) is 13.1. The van der Waals surface area contributed by atoms with Crippen LogP contribution in [0.25, 0.3) is 5.69 Å². The summed E-state index contributed by atoms with van der Waals surface area (Å²) in [5, 5.41) is 15.1. The van der Waals surface area contributed by atoms with Crippen LogP contribution in [-0.2, 0) is 6.18 Å². The molecule has 2 rings (SSSR count). The molecule has 0 aliphatic rings. The molecule has 100 valence electrons. The van der Waals surface area contributed by atoms with E-state index in [1.807, 2.05) is 0 Å². The summed E-state index contributed by atoms with van der Waals surface area (Å²) in [5.74, 6) is -1.77. The number of hydrogen-bond acceptors (Lipinski definition) is 3. The molecule has 0 amide bonds. The Labute approximate surface area is 105 Å². The number of alkyl halides is 3. The van der Waals surface area contributed by atoms with Gasteiger partial charge < -0.3 is 5.11 Å². The Kier molecular flexibility index (Phi) is 3.01. The third-order valence-electron chi connectivity index (χ3n) is 2.42. The van der Waals surface area contributed by atoms with E-state index in [4.69, 9.17) is 5.11 Å². The molecule has 1 N–H and O–H groups in total. The summed E-state index contributed by atoms with van der Waals surface area (Å²) >= 11 is 0. The van der Waals surface area contributed by atoms with Gasteiger partial charge in [-0.05, 0) is 19.1 Å². The average Bonchev–Trinajstić information content (AvgIpc) is 2.74. The lowest BCUT2D eigenvalue weighted by Gasteiger charge is -2.10. The highest BCUT2D eigenvalue weighted by molar-refractivity contribution is 5.86. The summed E-state index contributed by atoms with van der Waals surface area (Å²) in [4.78, 5) is 10.8. The predicted octanol–water partition coefficient (Wildman–Crippen LogP) is 2.29. The first-order chi connectivity index (χ1) is 8.80. The van der Waals surface area contributed by atoms with Crippen molar-refractivity contribution in [2.24, 2.45) is 0 Å². The molecule has 0 atom stereocenters. The first-order valence-electron chi connectivity index (χ1n) is 5.14. The van der Waals surface area contributed by atoms with E-state index in [-0.39, 0.29) is 5.69 Å². The van der Waals surface area contributed by atoms with Crippen molar-refractivity contribution in [2.75, 3.05) is 0 Å². The molecule has 0 unspecified atom stereocenters. The lowest BCUT2D eigenvalue weighted by Crippen LogP contribution is -2.17. The lowest BCUT2D eigenvalue weighted by atomic mass is 10.2. The SMILES string of the molecule is Cc1ccc(-n2nnc(C(=O)O)c2C(F)(F)F)cc1. The molecule has 0 fully saturated rings. The highest BCUT2D eigenvalue weighted by atomic mass is 19.4. The van der Waals surface area contributed by atoms with Gasteiger partial charge in [-0.15, -0.1) is 5.10 Å². The van der Waals surface area contributed by atoms with Crippen molar-refractivity contribution in [1.82, 2.24) is 15.0 Å². The first-order valence-corrected chi connectivity index (χ1v) is 5.14. The Morgan fingerprint density at radius 2 is 1.84 bits per heavy atom. The number of aryl methyl sites for hydroxylation is 1. The Balaban J connectivity index is 2.64. The van der Waals surface area contributed by atoms with Crippen LogP contribution >= 0.6 is 0 Å². The fourth-order valence-corrected chi connectivity index (χ4v) is 1.55. The van der Waals surface area contributed by atoms with Crippen LogP contribution in [0.3, 0.4) is 0 Å². The number of aromatic carboxylic acids is 1. The molecular formula is C11H8F3N3O2. The smallest absolute Gasteiger partial charge is 0.436 e. The van der Waals surface area contributed by atoms with Crippen LogP contribution in [0.5, 0.6) is 0 Å². The summed E-state index contributed by atoms with van der Waals surface area (Å²) in [6, 6.07) is 6.00. The minimum Gasteiger partial charge on any atom is -0.476 e. The van der Waals surface area contributed by atoms with E-state index in [0.717, 1.165) is 5.56 Å². The number of halogens is 3. The minimum absolute atomic E-state index is 0.0953.